The van der Waals surface area contributed by atoms with Crippen LogP contribution in [-0.2, 0) is 4.79 Å². The molecule has 0 radical (unpaired) electrons. The molecule has 0 saturated heterocycles. The molecule has 0 aliphatic carbocycles. The summed E-state index contributed by atoms with van der Waals surface area (Å²) >= 11 is 0. The van der Waals surface area contributed by atoms with Gasteiger partial charge in [-0.2, -0.15) is 0 Å². The van der Waals surface area contributed by atoms with Gasteiger partial charge in [0, 0.05) is 12.6 Å². The zero-order valence-electron chi connectivity index (χ0n) is 13.8. The fourth-order valence-corrected chi connectivity index (χ4v) is 2.02. The smallest absolute Gasteiger partial charge is 0.260 e. The molecule has 2 atom stereocenters. The monoisotopic (exact) mass is 292 g/mol. The van der Waals surface area contributed by atoms with Gasteiger partial charge in [0.15, 0.2) is 6.10 Å². The van der Waals surface area contributed by atoms with Crippen LogP contribution in [0.25, 0.3) is 0 Å². The third kappa shape index (κ3) is 6.17. The van der Waals surface area contributed by atoms with E-state index in [1.807, 2.05) is 32.0 Å². The Bertz CT molecular complexity index is 446. The van der Waals surface area contributed by atoms with Crippen molar-refractivity contribution in [3.63, 3.8) is 0 Å². The number of hydrogen-bond donors (Lipinski definition) is 2. The van der Waals surface area contributed by atoms with Gasteiger partial charge >= 0.3 is 0 Å². The molecule has 0 aliphatic heterocycles. The highest BCUT2D eigenvalue weighted by Gasteiger charge is 2.15. The lowest BCUT2D eigenvalue weighted by molar-refractivity contribution is -0.127. The molecule has 0 aromatic heterocycles. The first kappa shape index (κ1) is 17.5. The lowest BCUT2D eigenvalue weighted by Gasteiger charge is -2.18. The van der Waals surface area contributed by atoms with E-state index in [9.17, 15) is 4.79 Å². The Morgan fingerprint density at radius 3 is 2.57 bits per heavy atom. The minimum absolute atomic E-state index is 0.0882. The van der Waals surface area contributed by atoms with Crippen molar-refractivity contribution in [2.45, 2.75) is 52.7 Å². The van der Waals surface area contributed by atoms with Gasteiger partial charge in [-0.15, -0.1) is 0 Å². The molecule has 118 valence electrons. The maximum atomic E-state index is 12.0. The van der Waals surface area contributed by atoms with Gasteiger partial charge in [0.1, 0.15) is 5.75 Å². The van der Waals surface area contributed by atoms with Gasteiger partial charge in [-0.25, -0.2) is 0 Å². The molecule has 0 bridgehead atoms. The predicted molar refractivity (Wildman–Crippen MR) is 86.8 cm³/mol. The van der Waals surface area contributed by atoms with Crippen LogP contribution in [0.2, 0.25) is 0 Å². The number of benzene rings is 1. The third-order valence-corrected chi connectivity index (χ3v) is 3.34. The van der Waals surface area contributed by atoms with E-state index in [4.69, 9.17) is 4.74 Å². The Morgan fingerprint density at radius 1 is 1.24 bits per heavy atom. The van der Waals surface area contributed by atoms with E-state index >= 15 is 0 Å². The Labute approximate surface area is 128 Å². The highest BCUT2D eigenvalue weighted by Crippen LogP contribution is 2.20. The molecule has 0 spiro atoms. The average Bonchev–Trinajstić information content (AvgIpc) is 2.45. The summed E-state index contributed by atoms with van der Waals surface area (Å²) in [5, 5.41) is 6.15. The molecule has 0 heterocycles. The second-order valence-corrected chi connectivity index (χ2v) is 5.69. The Morgan fingerprint density at radius 2 is 1.95 bits per heavy atom. The standard InChI is InChI=1S/C17H28N2O2/c1-6-18-13(4)11-19-17(20)14(5)21-16-9-7-8-15(10-16)12(2)3/h7-10,12-14,18H,6,11H2,1-5H3,(H,19,20)/t13-,14?/m1/s1. The number of rotatable bonds is 8. The Kier molecular flexibility index (Phi) is 7.23. The second-order valence-electron chi connectivity index (χ2n) is 5.69. The fourth-order valence-electron chi connectivity index (χ4n) is 2.02. The molecular formula is C17H28N2O2. The first-order valence-corrected chi connectivity index (χ1v) is 7.71. The van der Waals surface area contributed by atoms with E-state index in [1.165, 1.54) is 5.56 Å². The summed E-state index contributed by atoms with van der Waals surface area (Å²) in [6.45, 7) is 11.6. The number of nitrogens with one attached hydrogen (secondary N) is 2. The summed E-state index contributed by atoms with van der Waals surface area (Å²) in [6, 6.07) is 8.17. The molecule has 1 aromatic carbocycles. The van der Waals surface area contributed by atoms with Gasteiger partial charge in [-0.1, -0.05) is 32.9 Å². The van der Waals surface area contributed by atoms with E-state index in [2.05, 4.69) is 30.5 Å². The summed E-state index contributed by atoms with van der Waals surface area (Å²) in [5.41, 5.74) is 1.21. The first-order chi connectivity index (χ1) is 9.93. The van der Waals surface area contributed by atoms with Crippen LogP contribution in [0.3, 0.4) is 0 Å². The van der Waals surface area contributed by atoms with Crippen LogP contribution >= 0.6 is 0 Å². The van der Waals surface area contributed by atoms with E-state index < -0.39 is 6.10 Å². The molecule has 1 amide bonds. The minimum Gasteiger partial charge on any atom is -0.481 e. The van der Waals surface area contributed by atoms with Crippen molar-refractivity contribution in [3.05, 3.63) is 29.8 Å². The van der Waals surface area contributed by atoms with E-state index in [0.717, 1.165) is 12.3 Å². The van der Waals surface area contributed by atoms with Crippen molar-refractivity contribution in [3.8, 4) is 5.75 Å². The summed E-state index contributed by atoms with van der Waals surface area (Å²) in [5.74, 6) is 1.09. The number of carbonyl (C=O) groups excluding carboxylic acids is 1. The van der Waals surface area contributed by atoms with Crippen LogP contribution in [0.1, 0.15) is 46.1 Å². The van der Waals surface area contributed by atoms with E-state index in [0.29, 0.717) is 12.5 Å². The lowest BCUT2D eigenvalue weighted by atomic mass is 10.0. The first-order valence-electron chi connectivity index (χ1n) is 7.71. The Hall–Kier alpha value is -1.55. The second kappa shape index (κ2) is 8.67. The maximum Gasteiger partial charge on any atom is 0.260 e. The van der Waals surface area contributed by atoms with Crippen molar-refractivity contribution in [1.29, 1.82) is 0 Å². The zero-order chi connectivity index (χ0) is 15.8. The molecule has 4 nitrogen and oxygen atoms in total. The van der Waals surface area contributed by atoms with Gasteiger partial charge in [0.2, 0.25) is 0 Å². The predicted octanol–water partition coefficient (Wildman–Crippen LogP) is 2.69. The Balaban J connectivity index is 2.50. The maximum absolute atomic E-state index is 12.0. The van der Waals surface area contributed by atoms with Gasteiger partial charge in [-0.3, -0.25) is 4.79 Å². The SMILES string of the molecule is CCN[C@H](C)CNC(=O)C(C)Oc1cccc(C(C)C)c1. The number of amides is 1. The summed E-state index contributed by atoms with van der Waals surface area (Å²) in [7, 11) is 0. The molecule has 1 rings (SSSR count). The molecule has 1 unspecified atom stereocenters. The summed E-state index contributed by atoms with van der Waals surface area (Å²) < 4.78 is 5.73. The van der Waals surface area contributed by atoms with Crippen LogP contribution in [0, 0.1) is 0 Å². The van der Waals surface area contributed by atoms with E-state index in [-0.39, 0.29) is 11.9 Å². The highest BCUT2D eigenvalue weighted by atomic mass is 16.5. The molecule has 21 heavy (non-hydrogen) atoms. The lowest BCUT2D eigenvalue weighted by Crippen LogP contribution is -2.43. The van der Waals surface area contributed by atoms with Crippen molar-refractivity contribution in [2.24, 2.45) is 0 Å². The molecule has 4 heteroatoms. The molecule has 0 saturated carbocycles. The number of ether oxygens (including phenoxy) is 1. The van der Waals surface area contributed by atoms with Gasteiger partial charge in [0.05, 0.1) is 0 Å². The number of likely N-dealkylation sites (N-methyl/N-ethyl adjacent to an activating group) is 1. The topological polar surface area (TPSA) is 50.4 Å². The minimum atomic E-state index is -0.499. The number of hydrogen-bond acceptors (Lipinski definition) is 3. The van der Waals surface area contributed by atoms with Crippen LogP contribution < -0.4 is 15.4 Å². The zero-order valence-corrected chi connectivity index (χ0v) is 13.8. The van der Waals surface area contributed by atoms with Crippen molar-refractivity contribution >= 4 is 5.91 Å². The molecular weight excluding hydrogens is 264 g/mol. The van der Waals surface area contributed by atoms with Crippen LogP contribution in [0.4, 0.5) is 0 Å². The molecule has 1 aromatic rings. The summed E-state index contributed by atoms with van der Waals surface area (Å²) in [4.78, 5) is 12.0. The third-order valence-electron chi connectivity index (χ3n) is 3.34. The molecule has 0 fully saturated rings. The van der Waals surface area contributed by atoms with Crippen molar-refractivity contribution in [2.75, 3.05) is 13.1 Å². The normalized spacial score (nSPS) is 13.8. The quantitative estimate of drug-likeness (QED) is 0.774. The van der Waals surface area contributed by atoms with E-state index in [1.54, 1.807) is 6.92 Å². The average molecular weight is 292 g/mol. The van der Waals surface area contributed by atoms with Gasteiger partial charge in [0.25, 0.3) is 5.91 Å². The van der Waals surface area contributed by atoms with Gasteiger partial charge in [-0.05, 0) is 44.0 Å². The molecule has 2 N–H and O–H groups in total. The van der Waals surface area contributed by atoms with Crippen LogP contribution in [0.5, 0.6) is 5.75 Å². The largest absolute Gasteiger partial charge is 0.481 e. The fraction of sp³-hybridized carbons (Fsp3) is 0.588. The van der Waals surface area contributed by atoms with Gasteiger partial charge < -0.3 is 15.4 Å². The van der Waals surface area contributed by atoms with Crippen LogP contribution in [0.15, 0.2) is 24.3 Å². The molecule has 0 aliphatic rings. The van der Waals surface area contributed by atoms with Crippen LogP contribution in [-0.4, -0.2) is 31.1 Å². The van der Waals surface area contributed by atoms with Crippen molar-refractivity contribution in [1.82, 2.24) is 10.6 Å². The number of carbonyl (C=O) groups is 1. The van der Waals surface area contributed by atoms with Crippen molar-refractivity contribution < 1.29 is 9.53 Å². The summed E-state index contributed by atoms with van der Waals surface area (Å²) in [6.07, 6.45) is -0.499. The highest BCUT2D eigenvalue weighted by molar-refractivity contribution is 5.80.